The van der Waals surface area contributed by atoms with Crippen LogP contribution in [0.4, 0.5) is 9.18 Å². The summed E-state index contributed by atoms with van der Waals surface area (Å²) in [5.41, 5.74) is 0.892. The molecule has 0 aliphatic carbocycles. The predicted octanol–water partition coefficient (Wildman–Crippen LogP) is 2.22. The van der Waals surface area contributed by atoms with Crippen molar-refractivity contribution in [2.75, 3.05) is 39.3 Å². The first kappa shape index (κ1) is 20.6. The number of nitrogens with one attached hydrogen (secondary N) is 2. The van der Waals surface area contributed by atoms with E-state index in [1.165, 1.54) is 12.1 Å². The van der Waals surface area contributed by atoms with Crippen LogP contribution in [-0.4, -0.2) is 61.0 Å². The minimum atomic E-state index is -0.437. The van der Waals surface area contributed by atoms with Crippen molar-refractivity contribution >= 4 is 23.5 Å². The number of nitrogens with zero attached hydrogens (tertiary/aromatic N) is 2. The Labute approximate surface area is 158 Å². The van der Waals surface area contributed by atoms with Gasteiger partial charge in [0.05, 0.1) is 6.54 Å². The summed E-state index contributed by atoms with van der Waals surface area (Å²) in [6.07, 6.45) is 1.88. The molecule has 0 saturated carbocycles. The first-order valence-electron chi connectivity index (χ1n) is 8.94. The number of hydrogen-bond donors (Lipinski definition) is 2. The highest BCUT2D eigenvalue weighted by Crippen LogP contribution is 2.19. The predicted molar refractivity (Wildman–Crippen MR) is 99.6 cm³/mol. The van der Waals surface area contributed by atoms with Gasteiger partial charge in [-0.15, -0.1) is 0 Å². The Morgan fingerprint density at radius 3 is 2.54 bits per heavy atom. The molecule has 2 rings (SSSR count). The number of benzene rings is 1. The summed E-state index contributed by atoms with van der Waals surface area (Å²) in [6, 6.07) is 4.00. The Morgan fingerprint density at radius 1 is 1.19 bits per heavy atom. The minimum Gasteiger partial charge on any atom is -0.338 e. The summed E-state index contributed by atoms with van der Waals surface area (Å²) in [6.45, 7) is 6.47. The quantitative estimate of drug-likeness (QED) is 0.707. The van der Waals surface area contributed by atoms with E-state index in [1.54, 1.807) is 6.07 Å². The number of hydrogen-bond acceptors (Lipinski definition) is 4. The van der Waals surface area contributed by atoms with Gasteiger partial charge < -0.3 is 5.32 Å². The standard InChI is InChI=1S/C18H26ClFN4O2/c1-2-3-6-21-18(26)22-17(25)13-24-9-7-23(8-10-24)12-14-4-5-15(20)11-16(14)19/h4-5,11H,2-3,6-10,12-13H2,1H3,(H2,21,22,25,26). The lowest BCUT2D eigenvalue weighted by atomic mass is 10.2. The van der Waals surface area contributed by atoms with Crippen molar-refractivity contribution in [3.8, 4) is 0 Å². The Bertz CT molecular complexity index is 621. The van der Waals surface area contributed by atoms with Gasteiger partial charge in [0, 0.05) is 44.3 Å². The zero-order chi connectivity index (χ0) is 18.9. The zero-order valence-corrected chi connectivity index (χ0v) is 15.8. The van der Waals surface area contributed by atoms with Crippen molar-refractivity contribution in [1.29, 1.82) is 0 Å². The molecule has 1 aromatic rings. The van der Waals surface area contributed by atoms with E-state index in [-0.39, 0.29) is 18.3 Å². The lowest BCUT2D eigenvalue weighted by molar-refractivity contribution is -0.121. The van der Waals surface area contributed by atoms with Crippen LogP contribution in [0.25, 0.3) is 0 Å². The first-order chi connectivity index (χ1) is 12.5. The van der Waals surface area contributed by atoms with E-state index >= 15 is 0 Å². The van der Waals surface area contributed by atoms with Gasteiger partial charge in [-0.2, -0.15) is 0 Å². The van der Waals surface area contributed by atoms with Gasteiger partial charge in [0.2, 0.25) is 5.91 Å². The average molecular weight is 385 g/mol. The third kappa shape index (κ3) is 6.90. The van der Waals surface area contributed by atoms with Gasteiger partial charge in [-0.25, -0.2) is 9.18 Å². The molecule has 0 bridgehead atoms. The summed E-state index contributed by atoms with van der Waals surface area (Å²) in [7, 11) is 0. The van der Waals surface area contributed by atoms with Gasteiger partial charge in [-0.05, 0) is 24.1 Å². The van der Waals surface area contributed by atoms with Gasteiger partial charge >= 0.3 is 6.03 Å². The molecule has 2 N–H and O–H groups in total. The second-order valence-corrected chi connectivity index (χ2v) is 6.85. The highest BCUT2D eigenvalue weighted by molar-refractivity contribution is 6.31. The highest BCUT2D eigenvalue weighted by Gasteiger charge is 2.20. The van der Waals surface area contributed by atoms with Crippen molar-refractivity contribution in [2.45, 2.75) is 26.3 Å². The Hall–Kier alpha value is -1.70. The molecule has 8 heteroatoms. The van der Waals surface area contributed by atoms with Gasteiger partial charge in [-0.3, -0.25) is 19.9 Å². The summed E-state index contributed by atoms with van der Waals surface area (Å²) in [4.78, 5) is 27.7. The second-order valence-electron chi connectivity index (χ2n) is 6.45. The number of carbonyl (C=O) groups is 2. The van der Waals surface area contributed by atoms with E-state index in [9.17, 15) is 14.0 Å². The van der Waals surface area contributed by atoms with Crippen LogP contribution in [0.1, 0.15) is 25.3 Å². The molecule has 144 valence electrons. The number of carbonyl (C=O) groups excluding carboxylic acids is 2. The van der Waals surface area contributed by atoms with E-state index < -0.39 is 6.03 Å². The molecule has 0 atom stereocenters. The molecular weight excluding hydrogens is 359 g/mol. The van der Waals surface area contributed by atoms with Gasteiger partial charge in [0.15, 0.2) is 0 Å². The molecule has 1 heterocycles. The number of imide groups is 1. The smallest absolute Gasteiger partial charge is 0.321 e. The van der Waals surface area contributed by atoms with Crippen molar-refractivity contribution in [3.63, 3.8) is 0 Å². The van der Waals surface area contributed by atoms with Crippen LogP contribution in [0.2, 0.25) is 5.02 Å². The van der Waals surface area contributed by atoms with Crippen molar-refractivity contribution in [3.05, 3.63) is 34.6 Å². The fraction of sp³-hybridized carbons (Fsp3) is 0.556. The summed E-state index contributed by atoms with van der Waals surface area (Å²) in [5.74, 6) is -0.637. The highest BCUT2D eigenvalue weighted by atomic mass is 35.5. The van der Waals surface area contributed by atoms with Crippen LogP contribution < -0.4 is 10.6 Å². The van der Waals surface area contributed by atoms with Gasteiger partial charge in [0.25, 0.3) is 0 Å². The van der Waals surface area contributed by atoms with E-state index in [2.05, 4.69) is 15.5 Å². The van der Waals surface area contributed by atoms with E-state index in [0.717, 1.165) is 44.6 Å². The maximum Gasteiger partial charge on any atom is 0.321 e. The Kier molecular flexibility index (Phi) is 8.28. The van der Waals surface area contributed by atoms with Crippen LogP contribution in [0.3, 0.4) is 0 Å². The number of urea groups is 1. The normalized spacial score (nSPS) is 15.7. The lowest BCUT2D eigenvalue weighted by Gasteiger charge is -2.34. The molecule has 6 nitrogen and oxygen atoms in total. The van der Waals surface area contributed by atoms with Crippen LogP contribution in [-0.2, 0) is 11.3 Å². The topological polar surface area (TPSA) is 64.7 Å². The number of piperazine rings is 1. The summed E-state index contributed by atoms with van der Waals surface area (Å²) < 4.78 is 13.1. The van der Waals surface area contributed by atoms with E-state index in [1.807, 2.05) is 11.8 Å². The Morgan fingerprint density at radius 2 is 1.88 bits per heavy atom. The molecule has 1 aliphatic rings. The molecule has 1 aliphatic heterocycles. The van der Waals surface area contributed by atoms with Crippen LogP contribution in [0.15, 0.2) is 18.2 Å². The third-order valence-corrected chi connectivity index (χ3v) is 4.66. The van der Waals surface area contributed by atoms with Crippen LogP contribution in [0.5, 0.6) is 0 Å². The van der Waals surface area contributed by atoms with Crippen molar-refractivity contribution < 1.29 is 14.0 Å². The first-order valence-corrected chi connectivity index (χ1v) is 9.32. The molecule has 0 radical (unpaired) electrons. The maximum absolute atomic E-state index is 13.1. The molecule has 1 aromatic carbocycles. The number of amides is 3. The van der Waals surface area contributed by atoms with Gasteiger partial charge in [0.1, 0.15) is 5.82 Å². The van der Waals surface area contributed by atoms with Crippen LogP contribution in [0, 0.1) is 5.82 Å². The fourth-order valence-corrected chi connectivity index (χ4v) is 3.02. The largest absolute Gasteiger partial charge is 0.338 e. The summed E-state index contributed by atoms with van der Waals surface area (Å²) in [5, 5.41) is 5.44. The van der Waals surface area contributed by atoms with Crippen molar-refractivity contribution in [2.24, 2.45) is 0 Å². The molecule has 1 fully saturated rings. The monoisotopic (exact) mass is 384 g/mol. The molecular formula is C18H26ClFN4O2. The zero-order valence-electron chi connectivity index (χ0n) is 15.1. The fourth-order valence-electron chi connectivity index (χ4n) is 2.79. The number of unbranched alkanes of at least 4 members (excludes halogenated alkanes) is 1. The number of halogens is 2. The minimum absolute atomic E-state index is 0.201. The van der Waals surface area contributed by atoms with Crippen molar-refractivity contribution in [1.82, 2.24) is 20.4 Å². The van der Waals surface area contributed by atoms with E-state index in [0.29, 0.717) is 18.1 Å². The molecule has 0 aromatic heterocycles. The number of rotatable bonds is 7. The lowest BCUT2D eigenvalue weighted by Crippen LogP contribution is -2.50. The Balaban J connectivity index is 1.69. The van der Waals surface area contributed by atoms with Crippen LogP contribution >= 0.6 is 11.6 Å². The molecule has 3 amide bonds. The maximum atomic E-state index is 13.1. The van der Waals surface area contributed by atoms with E-state index in [4.69, 9.17) is 11.6 Å². The van der Waals surface area contributed by atoms with Gasteiger partial charge in [-0.1, -0.05) is 31.0 Å². The second kappa shape index (κ2) is 10.4. The molecule has 0 spiro atoms. The summed E-state index contributed by atoms with van der Waals surface area (Å²) >= 11 is 6.07. The average Bonchev–Trinajstić information content (AvgIpc) is 2.59. The molecule has 1 saturated heterocycles. The third-order valence-electron chi connectivity index (χ3n) is 4.31. The molecule has 0 unspecified atom stereocenters. The SMILES string of the molecule is CCCCNC(=O)NC(=O)CN1CCN(Cc2ccc(F)cc2Cl)CC1. The molecule has 26 heavy (non-hydrogen) atoms.